The predicted octanol–water partition coefficient (Wildman–Crippen LogP) is 4.34. The Balaban J connectivity index is 1.33. The van der Waals surface area contributed by atoms with Gasteiger partial charge in [-0.15, -0.1) is 0 Å². The molecule has 3 rings (SSSR count). The van der Waals surface area contributed by atoms with Crippen molar-refractivity contribution >= 4 is 28.8 Å². The first-order chi connectivity index (χ1) is 12.6. The summed E-state index contributed by atoms with van der Waals surface area (Å²) in [6, 6.07) is 13.9. The Morgan fingerprint density at radius 2 is 2.04 bits per heavy atom. The molecule has 1 aliphatic heterocycles. The Labute approximate surface area is 160 Å². The number of hydrogen-bond donors (Lipinski definition) is 2. The minimum absolute atomic E-state index is 0.226. The van der Waals surface area contributed by atoms with E-state index >= 15 is 0 Å². The van der Waals surface area contributed by atoms with Gasteiger partial charge in [-0.1, -0.05) is 29.8 Å². The van der Waals surface area contributed by atoms with E-state index in [1.165, 1.54) is 5.56 Å². The van der Waals surface area contributed by atoms with E-state index in [1.54, 1.807) is 0 Å². The summed E-state index contributed by atoms with van der Waals surface area (Å²) in [5, 5.41) is 7.56. The summed E-state index contributed by atoms with van der Waals surface area (Å²) in [4.78, 5) is 14.5. The molecule has 138 valence electrons. The van der Waals surface area contributed by atoms with Gasteiger partial charge in [-0.2, -0.15) is 0 Å². The molecule has 1 heterocycles. The normalized spacial score (nSPS) is 12.8. The number of rotatable bonds is 9. The zero-order valence-electron chi connectivity index (χ0n) is 15.2. The molecule has 0 radical (unpaired) electrons. The highest BCUT2D eigenvalue weighted by molar-refractivity contribution is 6.31. The molecular formula is C21H26ClN3O. The molecule has 0 fully saturated rings. The molecule has 0 bridgehead atoms. The molecule has 0 saturated heterocycles. The van der Waals surface area contributed by atoms with Gasteiger partial charge < -0.3 is 15.5 Å². The summed E-state index contributed by atoms with van der Waals surface area (Å²) in [5.74, 6) is 0.226. The Kier molecular flexibility index (Phi) is 6.53. The van der Waals surface area contributed by atoms with E-state index in [1.807, 2.05) is 43.4 Å². The van der Waals surface area contributed by atoms with Crippen molar-refractivity contribution in [3.05, 3.63) is 58.6 Å². The summed E-state index contributed by atoms with van der Waals surface area (Å²) < 4.78 is 0. The third kappa shape index (κ3) is 4.77. The smallest absolute Gasteiger partial charge is 0.162 e. The molecule has 0 saturated carbocycles. The molecule has 1 aliphatic rings. The van der Waals surface area contributed by atoms with Crippen LogP contribution in [0.5, 0.6) is 0 Å². The van der Waals surface area contributed by atoms with Crippen LogP contribution in [0.15, 0.2) is 42.5 Å². The predicted molar refractivity (Wildman–Crippen MR) is 110 cm³/mol. The first kappa shape index (κ1) is 18.7. The number of benzene rings is 2. The maximum absolute atomic E-state index is 12.4. The fourth-order valence-corrected chi connectivity index (χ4v) is 3.42. The molecule has 0 unspecified atom stereocenters. The lowest BCUT2D eigenvalue weighted by atomic mass is 10.0. The van der Waals surface area contributed by atoms with E-state index in [4.69, 9.17) is 11.6 Å². The zero-order chi connectivity index (χ0) is 18.4. The number of hydrogen-bond acceptors (Lipinski definition) is 4. The molecular weight excluding hydrogens is 346 g/mol. The van der Waals surface area contributed by atoms with Crippen molar-refractivity contribution in [2.24, 2.45) is 0 Å². The second-order valence-corrected chi connectivity index (χ2v) is 7.14. The second kappa shape index (κ2) is 9.06. The Hall–Kier alpha value is -2.04. The van der Waals surface area contributed by atoms with Gasteiger partial charge in [0.15, 0.2) is 5.78 Å². The van der Waals surface area contributed by atoms with Crippen LogP contribution in [0.2, 0.25) is 5.02 Å². The van der Waals surface area contributed by atoms with Crippen molar-refractivity contribution in [1.82, 2.24) is 5.32 Å². The van der Waals surface area contributed by atoms with Gasteiger partial charge in [0.05, 0.1) is 18.0 Å². The van der Waals surface area contributed by atoms with E-state index in [0.29, 0.717) is 6.42 Å². The monoisotopic (exact) mass is 371 g/mol. The first-order valence-electron chi connectivity index (χ1n) is 9.21. The quantitative estimate of drug-likeness (QED) is 0.508. The molecule has 4 nitrogen and oxygen atoms in total. The fourth-order valence-electron chi connectivity index (χ4n) is 3.19. The van der Waals surface area contributed by atoms with Gasteiger partial charge in [0.2, 0.25) is 0 Å². The van der Waals surface area contributed by atoms with E-state index in [-0.39, 0.29) is 5.78 Å². The largest absolute Gasteiger partial charge is 0.366 e. The number of nitrogens with one attached hydrogen (secondary N) is 2. The number of nitrogens with zero attached hydrogens (tertiary/aromatic N) is 1. The highest BCUT2D eigenvalue weighted by Crippen LogP contribution is 2.31. The molecule has 2 N–H and O–H groups in total. The van der Waals surface area contributed by atoms with Gasteiger partial charge in [0, 0.05) is 24.1 Å². The van der Waals surface area contributed by atoms with Crippen LogP contribution in [0.3, 0.4) is 0 Å². The lowest BCUT2D eigenvalue weighted by Gasteiger charge is -2.11. The van der Waals surface area contributed by atoms with Crippen LogP contribution in [0, 0.1) is 0 Å². The number of Topliss-reactive ketones (excluding diaryl/α,β-unsaturated/α-hetero) is 1. The van der Waals surface area contributed by atoms with Gasteiger partial charge in [-0.25, -0.2) is 0 Å². The van der Waals surface area contributed by atoms with Crippen molar-refractivity contribution < 1.29 is 4.79 Å². The third-order valence-electron chi connectivity index (χ3n) is 4.77. The molecule has 2 aromatic carbocycles. The Morgan fingerprint density at radius 1 is 1.19 bits per heavy atom. The number of fused-ring (bicyclic) bond motifs is 1. The molecule has 0 spiro atoms. The molecule has 0 aliphatic carbocycles. The second-order valence-electron chi connectivity index (χ2n) is 6.74. The van der Waals surface area contributed by atoms with Crippen LogP contribution >= 0.6 is 11.6 Å². The van der Waals surface area contributed by atoms with E-state index in [0.717, 1.165) is 61.0 Å². The van der Waals surface area contributed by atoms with Gasteiger partial charge in [-0.05, 0) is 62.2 Å². The van der Waals surface area contributed by atoms with E-state index in [9.17, 15) is 4.79 Å². The summed E-state index contributed by atoms with van der Waals surface area (Å²) in [6.45, 7) is 2.63. The summed E-state index contributed by atoms with van der Waals surface area (Å²) >= 11 is 6.15. The number of carbonyl (C=O) groups excluding carboxylic acids is 1. The lowest BCUT2D eigenvalue weighted by molar-refractivity contribution is 0.0979. The molecule has 0 aromatic heterocycles. The van der Waals surface area contributed by atoms with Crippen LogP contribution in [0.25, 0.3) is 0 Å². The Bertz CT molecular complexity index is 763. The topological polar surface area (TPSA) is 44.4 Å². The van der Waals surface area contributed by atoms with Gasteiger partial charge in [-0.3, -0.25) is 4.79 Å². The maximum atomic E-state index is 12.4. The van der Waals surface area contributed by atoms with Gasteiger partial charge >= 0.3 is 0 Å². The number of halogens is 1. The minimum Gasteiger partial charge on any atom is -0.366 e. The maximum Gasteiger partial charge on any atom is 0.162 e. The number of ketones is 1. The van der Waals surface area contributed by atoms with Crippen LogP contribution in [0.4, 0.5) is 11.4 Å². The number of carbonyl (C=O) groups is 1. The summed E-state index contributed by atoms with van der Waals surface area (Å²) in [5.41, 5.74) is 4.20. The average molecular weight is 372 g/mol. The highest BCUT2D eigenvalue weighted by atomic mass is 35.5. The van der Waals surface area contributed by atoms with E-state index in [2.05, 4.69) is 21.6 Å². The summed E-state index contributed by atoms with van der Waals surface area (Å²) in [6.07, 6.45) is 3.43. The van der Waals surface area contributed by atoms with Crippen molar-refractivity contribution in [3.63, 3.8) is 0 Å². The molecule has 5 heteroatoms. The van der Waals surface area contributed by atoms with Gasteiger partial charge in [0.1, 0.15) is 0 Å². The molecule has 0 atom stereocenters. The zero-order valence-corrected chi connectivity index (χ0v) is 16.0. The van der Waals surface area contributed by atoms with Crippen molar-refractivity contribution in [2.45, 2.75) is 25.7 Å². The third-order valence-corrected chi connectivity index (χ3v) is 5.14. The van der Waals surface area contributed by atoms with Gasteiger partial charge in [0.25, 0.3) is 0 Å². The van der Waals surface area contributed by atoms with Crippen LogP contribution < -0.4 is 15.5 Å². The highest BCUT2D eigenvalue weighted by Gasteiger charge is 2.16. The average Bonchev–Trinajstić information content (AvgIpc) is 3.02. The van der Waals surface area contributed by atoms with Crippen molar-refractivity contribution in [2.75, 3.05) is 37.0 Å². The number of anilines is 2. The fraction of sp³-hybridized carbons (Fsp3) is 0.381. The van der Waals surface area contributed by atoms with Crippen LogP contribution in [-0.2, 0) is 6.42 Å². The lowest BCUT2D eigenvalue weighted by Crippen LogP contribution is -2.18. The minimum atomic E-state index is 0.226. The SMILES string of the molecule is CN1CNc2ccc(C(=O)CCCCNCCc3ccccc3Cl)cc21. The number of unbranched alkanes of at least 4 members (excludes halogenated alkanes) is 1. The molecule has 26 heavy (non-hydrogen) atoms. The summed E-state index contributed by atoms with van der Waals surface area (Å²) in [7, 11) is 2.03. The van der Waals surface area contributed by atoms with Crippen LogP contribution in [0.1, 0.15) is 35.2 Å². The van der Waals surface area contributed by atoms with Crippen LogP contribution in [-0.4, -0.2) is 32.6 Å². The molecule has 0 amide bonds. The molecule has 2 aromatic rings. The standard InChI is InChI=1S/C21H26ClN3O/c1-25-15-24-19-10-9-17(14-20(19)25)21(26)8-4-5-12-23-13-11-16-6-2-3-7-18(16)22/h2-3,6-7,9-10,14,23-24H,4-5,8,11-13,15H2,1H3. The van der Waals surface area contributed by atoms with Crippen molar-refractivity contribution in [1.29, 1.82) is 0 Å². The van der Waals surface area contributed by atoms with E-state index < -0.39 is 0 Å². The first-order valence-corrected chi connectivity index (χ1v) is 9.59. The van der Waals surface area contributed by atoms with Crippen molar-refractivity contribution in [3.8, 4) is 0 Å². The Morgan fingerprint density at radius 3 is 2.88 bits per heavy atom.